The first-order chi connectivity index (χ1) is 10.1. The third-order valence-electron chi connectivity index (χ3n) is 4.34. The lowest BCUT2D eigenvalue weighted by Gasteiger charge is -2.22. The van der Waals surface area contributed by atoms with E-state index >= 15 is 0 Å². The normalized spacial score (nSPS) is 12.0. The number of unbranched alkanes of at least 4 members (excludes halogenated alkanes) is 5. The molecule has 0 amide bonds. The van der Waals surface area contributed by atoms with E-state index in [1.165, 1.54) is 83.8 Å². The second kappa shape index (κ2) is 14.9. The highest BCUT2D eigenvalue weighted by atomic mass is 15.1. The first kappa shape index (κ1) is 21.0. The van der Waals surface area contributed by atoms with Gasteiger partial charge in [0.2, 0.25) is 0 Å². The van der Waals surface area contributed by atoms with Crippen LogP contribution in [0.5, 0.6) is 0 Å². The van der Waals surface area contributed by atoms with Gasteiger partial charge in [-0.3, -0.25) is 0 Å². The monoisotopic (exact) mass is 297 g/mol. The number of nitrogens with zero attached hydrogens (tertiary/aromatic N) is 1. The molecule has 128 valence electrons. The lowest BCUT2D eigenvalue weighted by molar-refractivity contribution is 0.255. The Morgan fingerprint density at radius 3 is 1.38 bits per heavy atom. The van der Waals surface area contributed by atoms with Crippen LogP contribution in [0.4, 0.5) is 0 Å². The SMILES string of the molecule is CCCCN(CCCCCC(C)C)CCCCCC(C)C. The summed E-state index contributed by atoms with van der Waals surface area (Å²) in [5.41, 5.74) is 0. The predicted octanol–water partition coefficient (Wildman–Crippen LogP) is 6.52. The lowest BCUT2D eigenvalue weighted by atomic mass is 10.0. The van der Waals surface area contributed by atoms with Crippen molar-refractivity contribution in [1.29, 1.82) is 0 Å². The standard InChI is InChI=1S/C20H43N/c1-6-7-16-21(17-12-8-10-14-19(2)3)18-13-9-11-15-20(4)5/h19-20H,6-18H2,1-5H3. The van der Waals surface area contributed by atoms with Crippen molar-refractivity contribution in [3.8, 4) is 0 Å². The molecule has 0 aromatic heterocycles. The zero-order chi connectivity index (χ0) is 15.9. The summed E-state index contributed by atoms with van der Waals surface area (Å²) in [6, 6.07) is 0. The minimum atomic E-state index is 0.877. The van der Waals surface area contributed by atoms with Gasteiger partial charge in [0.25, 0.3) is 0 Å². The van der Waals surface area contributed by atoms with Crippen LogP contribution in [0.3, 0.4) is 0 Å². The maximum Gasteiger partial charge on any atom is -0.00187 e. The van der Waals surface area contributed by atoms with E-state index in [2.05, 4.69) is 39.5 Å². The first-order valence-electron chi connectivity index (χ1n) is 9.78. The van der Waals surface area contributed by atoms with E-state index in [1.54, 1.807) is 0 Å². The van der Waals surface area contributed by atoms with Gasteiger partial charge in [-0.05, 0) is 50.7 Å². The van der Waals surface area contributed by atoms with E-state index in [0.29, 0.717) is 0 Å². The smallest absolute Gasteiger partial charge is 0.00187 e. The van der Waals surface area contributed by atoms with Gasteiger partial charge in [0, 0.05) is 0 Å². The van der Waals surface area contributed by atoms with Crippen LogP contribution < -0.4 is 0 Å². The van der Waals surface area contributed by atoms with Gasteiger partial charge in [0.1, 0.15) is 0 Å². The highest BCUT2D eigenvalue weighted by molar-refractivity contribution is 4.60. The van der Waals surface area contributed by atoms with Crippen LogP contribution in [-0.4, -0.2) is 24.5 Å². The average molecular weight is 298 g/mol. The molecule has 21 heavy (non-hydrogen) atoms. The van der Waals surface area contributed by atoms with Crippen LogP contribution in [0.2, 0.25) is 0 Å². The second-order valence-corrected chi connectivity index (χ2v) is 7.68. The first-order valence-corrected chi connectivity index (χ1v) is 9.78. The third kappa shape index (κ3) is 16.2. The predicted molar refractivity (Wildman–Crippen MR) is 98.0 cm³/mol. The molecule has 0 aliphatic heterocycles. The zero-order valence-electron chi connectivity index (χ0n) is 15.8. The molecular weight excluding hydrogens is 254 g/mol. The van der Waals surface area contributed by atoms with Crippen LogP contribution in [0.25, 0.3) is 0 Å². The van der Waals surface area contributed by atoms with Gasteiger partial charge in [-0.1, -0.05) is 79.6 Å². The molecule has 0 heterocycles. The fraction of sp³-hybridized carbons (Fsp3) is 1.00. The van der Waals surface area contributed by atoms with Gasteiger partial charge in [0.15, 0.2) is 0 Å². The average Bonchev–Trinajstić information content (AvgIpc) is 2.42. The molecule has 0 saturated heterocycles. The van der Waals surface area contributed by atoms with Gasteiger partial charge in [-0.25, -0.2) is 0 Å². The molecule has 0 aromatic carbocycles. The highest BCUT2D eigenvalue weighted by Crippen LogP contribution is 2.11. The summed E-state index contributed by atoms with van der Waals surface area (Å²) in [7, 11) is 0. The van der Waals surface area contributed by atoms with E-state index in [4.69, 9.17) is 0 Å². The summed E-state index contributed by atoms with van der Waals surface area (Å²) in [6.45, 7) is 15.7. The molecule has 0 rings (SSSR count). The molecule has 0 aromatic rings. The zero-order valence-corrected chi connectivity index (χ0v) is 15.8. The molecule has 1 heteroatoms. The van der Waals surface area contributed by atoms with Crippen molar-refractivity contribution in [1.82, 2.24) is 4.90 Å². The fourth-order valence-corrected chi connectivity index (χ4v) is 2.85. The Hall–Kier alpha value is -0.0400. The van der Waals surface area contributed by atoms with Gasteiger partial charge < -0.3 is 4.90 Å². The summed E-state index contributed by atoms with van der Waals surface area (Å²) in [6.07, 6.45) is 14.0. The lowest BCUT2D eigenvalue weighted by Crippen LogP contribution is -2.27. The Bertz CT molecular complexity index is 180. The number of hydrogen-bond donors (Lipinski definition) is 0. The van der Waals surface area contributed by atoms with E-state index in [9.17, 15) is 0 Å². The van der Waals surface area contributed by atoms with Gasteiger partial charge >= 0.3 is 0 Å². The van der Waals surface area contributed by atoms with Crippen molar-refractivity contribution in [3.05, 3.63) is 0 Å². The molecule has 0 spiro atoms. The maximum absolute atomic E-state index is 2.73. The highest BCUT2D eigenvalue weighted by Gasteiger charge is 2.04. The van der Waals surface area contributed by atoms with Crippen molar-refractivity contribution in [2.24, 2.45) is 11.8 Å². The van der Waals surface area contributed by atoms with E-state index in [-0.39, 0.29) is 0 Å². The minimum absolute atomic E-state index is 0.877. The number of rotatable bonds is 15. The topological polar surface area (TPSA) is 3.24 Å². The third-order valence-corrected chi connectivity index (χ3v) is 4.34. The van der Waals surface area contributed by atoms with E-state index in [1.807, 2.05) is 0 Å². The molecule has 0 atom stereocenters. The summed E-state index contributed by atoms with van der Waals surface area (Å²) in [4.78, 5) is 2.73. The maximum atomic E-state index is 2.73. The molecule has 1 nitrogen and oxygen atoms in total. The minimum Gasteiger partial charge on any atom is -0.303 e. The summed E-state index contributed by atoms with van der Waals surface area (Å²) in [5.74, 6) is 1.75. The Labute approximate surface area is 135 Å². The summed E-state index contributed by atoms with van der Waals surface area (Å²) < 4.78 is 0. The fourth-order valence-electron chi connectivity index (χ4n) is 2.85. The molecule has 0 radical (unpaired) electrons. The van der Waals surface area contributed by atoms with Crippen LogP contribution in [0.15, 0.2) is 0 Å². The quantitative estimate of drug-likeness (QED) is 0.311. The van der Waals surface area contributed by atoms with Crippen LogP contribution in [-0.2, 0) is 0 Å². The van der Waals surface area contributed by atoms with Gasteiger partial charge in [-0.15, -0.1) is 0 Å². The Balaban J connectivity index is 3.66. The van der Waals surface area contributed by atoms with E-state index in [0.717, 1.165) is 11.8 Å². The van der Waals surface area contributed by atoms with Crippen molar-refractivity contribution < 1.29 is 0 Å². The summed E-state index contributed by atoms with van der Waals surface area (Å²) in [5, 5.41) is 0. The molecule has 0 bridgehead atoms. The van der Waals surface area contributed by atoms with Gasteiger partial charge in [-0.2, -0.15) is 0 Å². The Morgan fingerprint density at radius 1 is 0.571 bits per heavy atom. The Morgan fingerprint density at radius 2 is 1.00 bits per heavy atom. The second-order valence-electron chi connectivity index (χ2n) is 7.68. The van der Waals surface area contributed by atoms with Crippen molar-refractivity contribution >= 4 is 0 Å². The molecule has 0 saturated carbocycles. The van der Waals surface area contributed by atoms with Crippen molar-refractivity contribution in [2.45, 2.75) is 98.8 Å². The molecule has 0 aliphatic carbocycles. The number of hydrogen-bond acceptors (Lipinski definition) is 1. The van der Waals surface area contributed by atoms with E-state index < -0.39 is 0 Å². The largest absolute Gasteiger partial charge is 0.303 e. The molecule has 0 N–H and O–H groups in total. The van der Waals surface area contributed by atoms with Crippen LogP contribution >= 0.6 is 0 Å². The van der Waals surface area contributed by atoms with Crippen molar-refractivity contribution in [2.75, 3.05) is 19.6 Å². The molecule has 0 aliphatic rings. The molecule has 0 unspecified atom stereocenters. The van der Waals surface area contributed by atoms with Crippen LogP contribution in [0.1, 0.15) is 98.8 Å². The van der Waals surface area contributed by atoms with Crippen molar-refractivity contribution in [3.63, 3.8) is 0 Å². The summed E-state index contributed by atoms with van der Waals surface area (Å²) >= 11 is 0. The van der Waals surface area contributed by atoms with Crippen LogP contribution in [0, 0.1) is 11.8 Å². The Kier molecular flexibility index (Phi) is 14.9. The molecule has 0 fully saturated rings. The van der Waals surface area contributed by atoms with Gasteiger partial charge in [0.05, 0.1) is 0 Å². The molecular formula is C20H43N.